The summed E-state index contributed by atoms with van der Waals surface area (Å²) in [6, 6.07) is 9.65. The van der Waals surface area contributed by atoms with Gasteiger partial charge in [0, 0.05) is 24.3 Å². The molecular weight excluding hydrogens is 300 g/mol. The first kappa shape index (κ1) is 16.7. The van der Waals surface area contributed by atoms with E-state index in [-0.39, 0.29) is 24.5 Å². The largest absolute Gasteiger partial charge is 0.481 e. The predicted molar refractivity (Wildman–Crippen MR) is 88.2 cm³/mol. The van der Waals surface area contributed by atoms with Crippen LogP contribution in [0.25, 0.3) is 0 Å². The highest BCUT2D eigenvalue weighted by molar-refractivity contribution is 7.99. The van der Waals surface area contributed by atoms with Gasteiger partial charge in [-0.3, -0.25) is 4.79 Å². The van der Waals surface area contributed by atoms with Crippen LogP contribution in [0.3, 0.4) is 0 Å². The van der Waals surface area contributed by atoms with Crippen molar-refractivity contribution in [2.75, 3.05) is 11.5 Å². The quantitative estimate of drug-likeness (QED) is 0.719. The first-order valence-corrected chi connectivity index (χ1v) is 8.69. The maximum absolute atomic E-state index is 12.1. The standard InChI is InChI=1S/C16H22N2O3S/c19-15(20)7-6-13(10-12-4-2-1-3-5-12)17-16(21)18-14-8-9-22-11-14/h1-5,13-14H,6-11H2,(H,19,20)(H2,17,18,21). The van der Waals surface area contributed by atoms with E-state index >= 15 is 0 Å². The van der Waals surface area contributed by atoms with Crippen molar-refractivity contribution >= 4 is 23.8 Å². The molecule has 120 valence electrons. The highest BCUT2D eigenvalue weighted by Gasteiger charge is 2.20. The molecule has 1 aliphatic rings. The third-order valence-electron chi connectivity index (χ3n) is 3.63. The molecule has 0 bridgehead atoms. The molecule has 5 nitrogen and oxygen atoms in total. The van der Waals surface area contributed by atoms with E-state index in [1.54, 1.807) is 0 Å². The van der Waals surface area contributed by atoms with Crippen LogP contribution in [-0.2, 0) is 11.2 Å². The van der Waals surface area contributed by atoms with E-state index < -0.39 is 5.97 Å². The second kappa shape index (κ2) is 8.68. The lowest BCUT2D eigenvalue weighted by molar-refractivity contribution is -0.137. The Hall–Kier alpha value is -1.69. The number of carbonyl (C=O) groups excluding carboxylic acids is 1. The molecule has 0 saturated carbocycles. The zero-order chi connectivity index (χ0) is 15.8. The molecule has 1 aliphatic heterocycles. The number of rotatable bonds is 7. The van der Waals surface area contributed by atoms with Gasteiger partial charge in [-0.05, 0) is 30.6 Å². The molecule has 2 rings (SSSR count). The minimum atomic E-state index is -0.840. The summed E-state index contributed by atoms with van der Waals surface area (Å²) in [6.07, 6.45) is 2.12. The summed E-state index contributed by atoms with van der Waals surface area (Å²) in [5, 5.41) is 14.8. The zero-order valence-electron chi connectivity index (χ0n) is 12.5. The molecule has 22 heavy (non-hydrogen) atoms. The molecule has 3 N–H and O–H groups in total. The maximum atomic E-state index is 12.1. The smallest absolute Gasteiger partial charge is 0.315 e. The molecule has 6 heteroatoms. The molecule has 2 unspecified atom stereocenters. The van der Waals surface area contributed by atoms with Gasteiger partial charge < -0.3 is 15.7 Å². The Morgan fingerprint density at radius 3 is 2.73 bits per heavy atom. The lowest BCUT2D eigenvalue weighted by atomic mass is 10.0. The van der Waals surface area contributed by atoms with E-state index in [9.17, 15) is 9.59 Å². The number of urea groups is 1. The molecule has 2 amide bonds. The van der Waals surface area contributed by atoms with Gasteiger partial charge in [-0.25, -0.2) is 4.79 Å². The number of benzene rings is 1. The highest BCUT2D eigenvalue weighted by atomic mass is 32.2. The third kappa shape index (κ3) is 5.97. The molecule has 1 saturated heterocycles. The Kier molecular flexibility index (Phi) is 6.58. The summed E-state index contributed by atoms with van der Waals surface area (Å²) in [5.41, 5.74) is 1.09. The van der Waals surface area contributed by atoms with Crippen LogP contribution in [0.2, 0.25) is 0 Å². The van der Waals surface area contributed by atoms with Crippen LogP contribution in [0.1, 0.15) is 24.8 Å². The second-order valence-electron chi connectivity index (χ2n) is 5.50. The topological polar surface area (TPSA) is 78.4 Å². The van der Waals surface area contributed by atoms with Crippen molar-refractivity contribution in [3.63, 3.8) is 0 Å². The van der Waals surface area contributed by atoms with Crippen LogP contribution in [0, 0.1) is 0 Å². The van der Waals surface area contributed by atoms with Gasteiger partial charge in [0.1, 0.15) is 0 Å². The van der Waals surface area contributed by atoms with E-state index in [0.717, 1.165) is 23.5 Å². The van der Waals surface area contributed by atoms with Crippen LogP contribution >= 0.6 is 11.8 Å². The number of carbonyl (C=O) groups is 2. The number of carboxylic acid groups (broad SMARTS) is 1. The van der Waals surface area contributed by atoms with Gasteiger partial charge in [-0.1, -0.05) is 30.3 Å². The van der Waals surface area contributed by atoms with Crippen molar-refractivity contribution in [1.29, 1.82) is 0 Å². The van der Waals surface area contributed by atoms with Gasteiger partial charge in [-0.2, -0.15) is 11.8 Å². The fourth-order valence-electron chi connectivity index (χ4n) is 2.48. The molecule has 0 spiro atoms. The minimum Gasteiger partial charge on any atom is -0.481 e. The van der Waals surface area contributed by atoms with E-state index in [1.165, 1.54) is 0 Å². The lowest BCUT2D eigenvalue weighted by Crippen LogP contribution is -2.47. The monoisotopic (exact) mass is 322 g/mol. The van der Waals surface area contributed by atoms with Gasteiger partial charge >= 0.3 is 12.0 Å². The summed E-state index contributed by atoms with van der Waals surface area (Å²) < 4.78 is 0. The molecule has 0 radical (unpaired) electrons. The van der Waals surface area contributed by atoms with Gasteiger partial charge in [0.05, 0.1) is 0 Å². The Bertz CT molecular complexity index is 489. The Labute approximate surface area is 134 Å². The number of hydrogen-bond acceptors (Lipinski definition) is 3. The number of thioether (sulfide) groups is 1. The first-order chi connectivity index (χ1) is 10.6. The molecule has 1 fully saturated rings. The summed E-state index contributed by atoms with van der Waals surface area (Å²) in [4.78, 5) is 22.9. The van der Waals surface area contributed by atoms with Gasteiger partial charge in [0.25, 0.3) is 0 Å². The van der Waals surface area contributed by atoms with Crippen molar-refractivity contribution in [3.8, 4) is 0 Å². The molecular formula is C16H22N2O3S. The number of hydrogen-bond donors (Lipinski definition) is 3. The predicted octanol–water partition coefficient (Wildman–Crippen LogP) is 2.27. The SMILES string of the molecule is O=C(O)CCC(Cc1ccccc1)NC(=O)NC1CCSC1. The van der Waals surface area contributed by atoms with Crippen molar-refractivity contribution in [2.45, 2.75) is 37.8 Å². The first-order valence-electron chi connectivity index (χ1n) is 7.54. The summed E-state index contributed by atoms with van der Waals surface area (Å²) in [5.74, 6) is 1.19. The number of nitrogens with one attached hydrogen (secondary N) is 2. The van der Waals surface area contributed by atoms with Crippen LogP contribution in [0.15, 0.2) is 30.3 Å². The molecule has 0 aliphatic carbocycles. The molecule has 2 atom stereocenters. The Morgan fingerprint density at radius 2 is 2.09 bits per heavy atom. The highest BCUT2D eigenvalue weighted by Crippen LogP contribution is 2.17. The molecule has 1 aromatic rings. The second-order valence-corrected chi connectivity index (χ2v) is 6.65. The normalized spacial score (nSPS) is 18.6. The van der Waals surface area contributed by atoms with E-state index in [2.05, 4.69) is 10.6 Å². The van der Waals surface area contributed by atoms with Crippen LogP contribution < -0.4 is 10.6 Å². The van der Waals surface area contributed by atoms with E-state index in [1.807, 2.05) is 42.1 Å². The Balaban J connectivity index is 1.88. The summed E-state index contributed by atoms with van der Waals surface area (Å²) >= 11 is 1.84. The van der Waals surface area contributed by atoms with Gasteiger partial charge in [-0.15, -0.1) is 0 Å². The van der Waals surface area contributed by atoms with E-state index in [4.69, 9.17) is 5.11 Å². The molecule has 0 aromatic heterocycles. The Morgan fingerprint density at radius 1 is 1.32 bits per heavy atom. The summed E-state index contributed by atoms with van der Waals surface area (Å²) in [7, 11) is 0. The summed E-state index contributed by atoms with van der Waals surface area (Å²) in [6.45, 7) is 0. The molecule has 1 aromatic carbocycles. The number of amides is 2. The lowest BCUT2D eigenvalue weighted by Gasteiger charge is -2.20. The van der Waals surface area contributed by atoms with Crippen molar-refractivity contribution in [2.24, 2.45) is 0 Å². The average molecular weight is 322 g/mol. The fourth-order valence-corrected chi connectivity index (χ4v) is 3.63. The number of carboxylic acids is 1. The van der Waals surface area contributed by atoms with Crippen LogP contribution in [-0.4, -0.2) is 40.7 Å². The third-order valence-corrected chi connectivity index (χ3v) is 4.79. The zero-order valence-corrected chi connectivity index (χ0v) is 13.3. The van der Waals surface area contributed by atoms with Crippen molar-refractivity contribution in [3.05, 3.63) is 35.9 Å². The van der Waals surface area contributed by atoms with Crippen LogP contribution in [0.4, 0.5) is 4.79 Å². The van der Waals surface area contributed by atoms with Crippen LogP contribution in [0.5, 0.6) is 0 Å². The number of aliphatic carboxylic acids is 1. The fraction of sp³-hybridized carbons (Fsp3) is 0.500. The average Bonchev–Trinajstić information content (AvgIpc) is 2.98. The van der Waals surface area contributed by atoms with Crippen molar-refractivity contribution < 1.29 is 14.7 Å². The molecule has 1 heterocycles. The van der Waals surface area contributed by atoms with E-state index in [0.29, 0.717) is 12.8 Å². The van der Waals surface area contributed by atoms with Crippen molar-refractivity contribution in [1.82, 2.24) is 10.6 Å². The minimum absolute atomic E-state index is 0.0526. The van der Waals surface area contributed by atoms with Gasteiger partial charge in [0.15, 0.2) is 0 Å². The van der Waals surface area contributed by atoms with Gasteiger partial charge in [0.2, 0.25) is 0 Å². The maximum Gasteiger partial charge on any atom is 0.315 e.